The van der Waals surface area contributed by atoms with Crippen molar-refractivity contribution in [2.75, 3.05) is 24.2 Å². The fourth-order valence-corrected chi connectivity index (χ4v) is 3.93. The van der Waals surface area contributed by atoms with Crippen molar-refractivity contribution in [3.63, 3.8) is 0 Å². The first-order valence-electron chi connectivity index (χ1n) is 7.80. The molecular formula is C15H23N5O2S. The molecule has 0 bridgehead atoms. The SMILES string of the molecule is Cc1cc(N2CCC(NS(C)(=O)=O)CC2)n2nc(C)c(C)c2n1. The van der Waals surface area contributed by atoms with E-state index in [2.05, 4.69) is 19.7 Å². The van der Waals surface area contributed by atoms with Gasteiger partial charge in [-0.25, -0.2) is 18.1 Å². The molecule has 2 aromatic rings. The van der Waals surface area contributed by atoms with Gasteiger partial charge in [0.25, 0.3) is 0 Å². The average molecular weight is 337 g/mol. The molecule has 8 heteroatoms. The Labute approximate surface area is 136 Å². The van der Waals surface area contributed by atoms with Gasteiger partial charge in [0.05, 0.1) is 11.9 Å². The van der Waals surface area contributed by atoms with Crippen LogP contribution >= 0.6 is 0 Å². The van der Waals surface area contributed by atoms with E-state index in [0.717, 1.165) is 54.3 Å². The van der Waals surface area contributed by atoms with E-state index in [1.165, 1.54) is 6.26 Å². The Morgan fingerprint density at radius 1 is 1.22 bits per heavy atom. The highest BCUT2D eigenvalue weighted by Crippen LogP contribution is 2.24. The maximum absolute atomic E-state index is 11.4. The molecule has 2 aromatic heterocycles. The maximum Gasteiger partial charge on any atom is 0.208 e. The van der Waals surface area contributed by atoms with E-state index in [-0.39, 0.29) is 6.04 Å². The molecule has 1 aliphatic rings. The van der Waals surface area contributed by atoms with Gasteiger partial charge in [-0.3, -0.25) is 0 Å². The van der Waals surface area contributed by atoms with E-state index in [4.69, 9.17) is 0 Å². The van der Waals surface area contributed by atoms with Gasteiger partial charge < -0.3 is 4.90 Å². The lowest BCUT2D eigenvalue weighted by Gasteiger charge is -2.33. The second-order valence-corrected chi connectivity index (χ2v) is 8.13. The zero-order valence-electron chi connectivity index (χ0n) is 14.0. The standard InChI is InChI=1S/C15H23N5O2S/c1-10-9-14(20-15(16-10)11(2)12(3)17-20)19-7-5-13(6-8-19)18-23(4,21)22/h9,13,18H,5-8H2,1-4H3. The van der Waals surface area contributed by atoms with E-state index in [9.17, 15) is 8.42 Å². The summed E-state index contributed by atoms with van der Waals surface area (Å²) in [7, 11) is -3.15. The predicted molar refractivity (Wildman–Crippen MR) is 90.4 cm³/mol. The minimum atomic E-state index is -3.15. The Morgan fingerprint density at radius 2 is 1.87 bits per heavy atom. The summed E-state index contributed by atoms with van der Waals surface area (Å²) < 4.78 is 27.3. The number of hydrogen-bond acceptors (Lipinski definition) is 5. The molecule has 0 aliphatic carbocycles. The Bertz CT molecular complexity index is 835. The summed E-state index contributed by atoms with van der Waals surface area (Å²) in [6.07, 6.45) is 2.79. The molecule has 0 atom stereocenters. The van der Waals surface area contributed by atoms with Gasteiger partial charge in [-0.2, -0.15) is 9.61 Å². The fourth-order valence-electron chi connectivity index (χ4n) is 3.09. The summed E-state index contributed by atoms with van der Waals surface area (Å²) in [5.41, 5.74) is 3.95. The van der Waals surface area contributed by atoms with Crippen molar-refractivity contribution in [2.45, 2.75) is 39.7 Å². The van der Waals surface area contributed by atoms with Gasteiger partial charge in [0.1, 0.15) is 5.82 Å². The van der Waals surface area contributed by atoms with Crippen molar-refractivity contribution in [3.05, 3.63) is 23.0 Å². The van der Waals surface area contributed by atoms with Crippen LogP contribution in [0.1, 0.15) is 29.8 Å². The Morgan fingerprint density at radius 3 is 2.48 bits per heavy atom. The van der Waals surface area contributed by atoms with Crippen molar-refractivity contribution in [1.29, 1.82) is 0 Å². The second kappa shape index (κ2) is 5.76. The van der Waals surface area contributed by atoms with Crippen LogP contribution in [0.15, 0.2) is 6.07 Å². The zero-order chi connectivity index (χ0) is 16.8. The lowest BCUT2D eigenvalue weighted by molar-refractivity contribution is 0.458. The first-order valence-corrected chi connectivity index (χ1v) is 9.69. The lowest BCUT2D eigenvalue weighted by atomic mass is 10.1. The number of piperidine rings is 1. The molecule has 0 spiro atoms. The first kappa shape index (κ1) is 16.2. The van der Waals surface area contributed by atoms with Crippen LogP contribution in [0.3, 0.4) is 0 Å². The molecule has 3 heterocycles. The monoisotopic (exact) mass is 337 g/mol. The van der Waals surface area contributed by atoms with Gasteiger partial charge in [0.2, 0.25) is 10.0 Å². The second-order valence-electron chi connectivity index (χ2n) is 6.35. The molecule has 1 aliphatic heterocycles. The quantitative estimate of drug-likeness (QED) is 0.909. The van der Waals surface area contributed by atoms with Crippen LogP contribution in [-0.2, 0) is 10.0 Å². The van der Waals surface area contributed by atoms with Crippen LogP contribution in [-0.4, -0.2) is 48.4 Å². The largest absolute Gasteiger partial charge is 0.356 e. The summed E-state index contributed by atoms with van der Waals surface area (Å²) in [5.74, 6) is 1.03. The third-order valence-corrected chi connectivity index (χ3v) is 5.13. The molecule has 1 saturated heterocycles. The number of hydrogen-bond donors (Lipinski definition) is 1. The molecule has 126 valence electrons. The van der Waals surface area contributed by atoms with Crippen molar-refractivity contribution >= 4 is 21.5 Å². The summed E-state index contributed by atoms with van der Waals surface area (Å²) >= 11 is 0. The van der Waals surface area contributed by atoms with Crippen LogP contribution in [0, 0.1) is 20.8 Å². The number of nitrogens with one attached hydrogen (secondary N) is 1. The van der Waals surface area contributed by atoms with E-state index < -0.39 is 10.0 Å². The Kier molecular flexibility index (Phi) is 4.05. The number of sulfonamides is 1. The van der Waals surface area contributed by atoms with Crippen LogP contribution in [0.5, 0.6) is 0 Å². The molecular weight excluding hydrogens is 314 g/mol. The number of aryl methyl sites for hydroxylation is 3. The summed E-state index contributed by atoms with van der Waals surface area (Å²) in [5, 5.41) is 4.61. The van der Waals surface area contributed by atoms with Crippen molar-refractivity contribution < 1.29 is 8.42 Å². The maximum atomic E-state index is 11.4. The predicted octanol–water partition coefficient (Wildman–Crippen LogP) is 1.17. The minimum Gasteiger partial charge on any atom is -0.356 e. The van der Waals surface area contributed by atoms with Gasteiger partial charge in [-0.15, -0.1) is 0 Å². The van der Waals surface area contributed by atoms with E-state index in [1.807, 2.05) is 31.4 Å². The van der Waals surface area contributed by atoms with Gasteiger partial charge in [0, 0.05) is 36.5 Å². The normalized spacial score (nSPS) is 17.1. The third kappa shape index (κ3) is 3.32. The molecule has 0 saturated carbocycles. The highest BCUT2D eigenvalue weighted by molar-refractivity contribution is 7.88. The van der Waals surface area contributed by atoms with Gasteiger partial charge in [0.15, 0.2) is 5.65 Å². The van der Waals surface area contributed by atoms with Crippen molar-refractivity contribution in [1.82, 2.24) is 19.3 Å². The smallest absolute Gasteiger partial charge is 0.208 e. The molecule has 23 heavy (non-hydrogen) atoms. The van der Waals surface area contributed by atoms with Crippen LogP contribution in [0.4, 0.5) is 5.82 Å². The third-order valence-electron chi connectivity index (χ3n) is 4.37. The molecule has 1 N–H and O–H groups in total. The first-order chi connectivity index (χ1) is 10.7. The molecule has 0 radical (unpaired) electrons. The minimum absolute atomic E-state index is 0.0146. The average Bonchev–Trinajstić information content (AvgIpc) is 2.73. The molecule has 0 amide bonds. The van der Waals surface area contributed by atoms with Crippen LogP contribution < -0.4 is 9.62 Å². The number of nitrogens with zero attached hydrogens (tertiary/aromatic N) is 4. The molecule has 0 aromatic carbocycles. The van der Waals surface area contributed by atoms with E-state index in [0.29, 0.717) is 0 Å². The fraction of sp³-hybridized carbons (Fsp3) is 0.600. The van der Waals surface area contributed by atoms with Crippen molar-refractivity contribution in [2.24, 2.45) is 0 Å². The topological polar surface area (TPSA) is 79.6 Å². The van der Waals surface area contributed by atoms with E-state index in [1.54, 1.807) is 0 Å². The van der Waals surface area contributed by atoms with E-state index >= 15 is 0 Å². The molecule has 3 rings (SSSR count). The highest BCUT2D eigenvalue weighted by atomic mass is 32.2. The Hall–Kier alpha value is -1.67. The number of fused-ring (bicyclic) bond motifs is 1. The molecule has 1 fully saturated rings. The van der Waals surface area contributed by atoms with Gasteiger partial charge in [-0.1, -0.05) is 0 Å². The van der Waals surface area contributed by atoms with Gasteiger partial charge in [-0.05, 0) is 33.6 Å². The highest BCUT2D eigenvalue weighted by Gasteiger charge is 2.24. The molecule has 7 nitrogen and oxygen atoms in total. The number of rotatable bonds is 3. The summed E-state index contributed by atoms with van der Waals surface area (Å²) in [6, 6.07) is 2.06. The number of anilines is 1. The molecule has 0 unspecified atom stereocenters. The van der Waals surface area contributed by atoms with Crippen LogP contribution in [0.2, 0.25) is 0 Å². The summed E-state index contributed by atoms with van der Waals surface area (Å²) in [6.45, 7) is 7.61. The lowest BCUT2D eigenvalue weighted by Crippen LogP contribution is -2.44. The number of aromatic nitrogens is 3. The van der Waals surface area contributed by atoms with Gasteiger partial charge >= 0.3 is 0 Å². The van der Waals surface area contributed by atoms with Crippen LogP contribution in [0.25, 0.3) is 5.65 Å². The Balaban J connectivity index is 1.86. The summed E-state index contributed by atoms with van der Waals surface area (Å²) in [4.78, 5) is 6.86. The zero-order valence-corrected chi connectivity index (χ0v) is 14.8. The van der Waals surface area contributed by atoms with Crippen molar-refractivity contribution in [3.8, 4) is 0 Å².